The van der Waals surface area contributed by atoms with E-state index in [2.05, 4.69) is 0 Å². The van der Waals surface area contributed by atoms with Gasteiger partial charge in [-0.05, 0) is 25.0 Å². The van der Waals surface area contributed by atoms with Gasteiger partial charge < -0.3 is 4.90 Å². The third kappa shape index (κ3) is 4.11. The lowest BCUT2D eigenvalue weighted by Gasteiger charge is -2.34. The number of benzene rings is 2. The van der Waals surface area contributed by atoms with Crippen LogP contribution in [0.4, 0.5) is 17.1 Å². The molecule has 1 aliphatic carbocycles. The standard InChI is InChI=1S/C19H19N3O5/c23-19(14-11-17(21(24)25)13-18(12-14)22(26)27)20(15-7-3-1-4-8-15)16-9-5-2-6-10-16/h1,3-4,7-8,11-13,16H,2,5-6,9-10H2. The van der Waals surface area contributed by atoms with E-state index in [0.717, 1.165) is 50.3 Å². The van der Waals surface area contributed by atoms with Crippen molar-refractivity contribution in [1.82, 2.24) is 0 Å². The molecule has 1 aliphatic rings. The average Bonchev–Trinajstić information content (AvgIpc) is 2.69. The maximum atomic E-state index is 13.3. The SMILES string of the molecule is O=C(c1cc([N+](=O)[O-])cc([N+](=O)[O-])c1)N(c1ccccc1)C1CCCCC1. The fourth-order valence-corrected chi connectivity index (χ4v) is 3.49. The Morgan fingerprint density at radius 1 is 0.889 bits per heavy atom. The summed E-state index contributed by atoms with van der Waals surface area (Å²) in [5, 5.41) is 22.3. The van der Waals surface area contributed by atoms with Crippen LogP contribution in [0.1, 0.15) is 42.5 Å². The summed E-state index contributed by atoms with van der Waals surface area (Å²) in [6, 6.07) is 12.1. The van der Waals surface area contributed by atoms with Crippen LogP contribution in [0.15, 0.2) is 48.5 Å². The Balaban J connectivity index is 2.06. The summed E-state index contributed by atoms with van der Waals surface area (Å²) < 4.78 is 0. The summed E-state index contributed by atoms with van der Waals surface area (Å²) in [6.45, 7) is 0. The lowest BCUT2D eigenvalue weighted by atomic mass is 9.93. The van der Waals surface area contributed by atoms with E-state index in [4.69, 9.17) is 0 Å². The number of carbonyl (C=O) groups is 1. The number of amides is 1. The molecule has 2 aromatic carbocycles. The molecule has 0 saturated heterocycles. The third-order valence-corrected chi connectivity index (χ3v) is 4.76. The highest BCUT2D eigenvalue weighted by Gasteiger charge is 2.30. The Morgan fingerprint density at radius 2 is 1.44 bits per heavy atom. The molecule has 27 heavy (non-hydrogen) atoms. The minimum Gasteiger partial charge on any atom is -0.305 e. The smallest absolute Gasteiger partial charge is 0.277 e. The molecule has 140 valence electrons. The van der Waals surface area contributed by atoms with Gasteiger partial charge in [0.05, 0.1) is 21.5 Å². The normalized spacial score (nSPS) is 14.5. The molecular weight excluding hydrogens is 350 g/mol. The van der Waals surface area contributed by atoms with Crippen LogP contribution in [0.25, 0.3) is 0 Å². The van der Waals surface area contributed by atoms with Gasteiger partial charge in [0.2, 0.25) is 0 Å². The Kier molecular flexibility index (Phi) is 5.44. The second-order valence-electron chi connectivity index (χ2n) is 6.55. The largest absolute Gasteiger partial charge is 0.305 e. The summed E-state index contributed by atoms with van der Waals surface area (Å²) in [7, 11) is 0. The molecule has 0 radical (unpaired) electrons. The van der Waals surface area contributed by atoms with Crippen LogP contribution in [0, 0.1) is 20.2 Å². The van der Waals surface area contributed by atoms with Gasteiger partial charge in [-0.3, -0.25) is 25.0 Å². The van der Waals surface area contributed by atoms with E-state index < -0.39 is 27.1 Å². The minimum absolute atomic E-state index is 0.0352. The molecule has 0 unspecified atom stereocenters. The van der Waals surface area contributed by atoms with Crippen molar-refractivity contribution in [3.63, 3.8) is 0 Å². The molecule has 3 rings (SSSR count). The molecule has 0 aromatic heterocycles. The van der Waals surface area contributed by atoms with Crippen molar-refractivity contribution in [2.24, 2.45) is 0 Å². The van der Waals surface area contributed by atoms with Crippen LogP contribution >= 0.6 is 0 Å². The van der Waals surface area contributed by atoms with Crippen LogP contribution in [0.3, 0.4) is 0 Å². The van der Waals surface area contributed by atoms with E-state index in [0.29, 0.717) is 5.69 Å². The Bertz CT molecular complexity index is 831. The molecule has 0 heterocycles. The van der Waals surface area contributed by atoms with Gasteiger partial charge in [-0.25, -0.2) is 0 Å². The zero-order valence-corrected chi connectivity index (χ0v) is 14.6. The number of nitro benzene ring substituents is 2. The Morgan fingerprint density at radius 3 is 1.96 bits per heavy atom. The van der Waals surface area contributed by atoms with E-state index in [1.807, 2.05) is 18.2 Å². The van der Waals surface area contributed by atoms with Crippen molar-refractivity contribution in [2.75, 3.05) is 4.90 Å². The highest BCUT2D eigenvalue weighted by atomic mass is 16.6. The van der Waals surface area contributed by atoms with Gasteiger partial charge in [-0.1, -0.05) is 37.5 Å². The fourth-order valence-electron chi connectivity index (χ4n) is 3.49. The quantitative estimate of drug-likeness (QED) is 0.570. The van der Waals surface area contributed by atoms with E-state index >= 15 is 0 Å². The monoisotopic (exact) mass is 369 g/mol. The maximum Gasteiger partial charge on any atom is 0.277 e. The topological polar surface area (TPSA) is 107 Å². The summed E-state index contributed by atoms with van der Waals surface area (Å²) >= 11 is 0. The van der Waals surface area contributed by atoms with Gasteiger partial charge in [0, 0.05) is 23.9 Å². The first kappa shape index (κ1) is 18.5. The van der Waals surface area contributed by atoms with Crippen molar-refractivity contribution in [3.05, 3.63) is 74.3 Å². The molecule has 0 atom stereocenters. The lowest BCUT2D eigenvalue weighted by Crippen LogP contribution is -2.41. The number of nitrogens with zero attached hydrogens (tertiary/aromatic N) is 3. The fraction of sp³-hybridized carbons (Fsp3) is 0.316. The molecule has 0 bridgehead atoms. The van der Waals surface area contributed by atoms with Gasteiger partial charge in [0.25, 0.3) is 17.3 Å². The third-order valence-electron chi connectivity index (χ3n) is 4.76. The second-order valence-corrected chi connectivity index (χ2v) is 6.55. The van der Waals surface area contributed by atoms with E-state index in [1.165, 1.54) is 0 Å². The van der Waals surface area contributed by atoms with Gasteiger partial charge in [0.15, 0.2) is 0 Å². The van der Waals surface area contributed by atoms with Crippen molar-refractivity contribution in [3.8, 4) is 0 Å². The van der Waals surface area contributed by atoms with Crippen LogP contribution in [-0.4, -0.2) is 21.8 Å². The first-order valence-corrected chi connectivity index (χ1v) is 8.80. The zero-order chi connectivity index (χ0) is 19.4. The summed E-state index contributed by atoms with van der Waals surface area (Å²) in [4.78, 5) is 35.8. The van der Waals surface area contributed by atoms with Gasteiger partial charge >= 0.3 is 0 Å². The molecular formula is C19H19N3O5. The number of rotatable bonds is 5. The van der Waals surface area contributed by atoms with Gasteiger partial charge in [-0.2, -0.15) is 0 Å². The number of hydrogen-bond donors (Lipinski definition) is 0. The minimum atomic E-state index is -0.725. The van der Waals surface area contributed by atoms with Gasteiger partial charge in [0.1, 0.15) is 0 Å². The van der Waals surface area contributed by atoms with Crippen LogP contribution in [0.2, 0.25) is 0 Å². The number of hydrogen-bond acceptors (Lipinski definition) is 5. The number of non-ortho nitro benzene ring substituents is 2. The molecule has 0 N–H and O–H groups in total. The first-order valence-electron chi connectivity index (χ1n) is 8.80. The van der Waals surface area contributed by atoms with Crippen molar-refractivity contribution in [1.29, 1.82) is 0 Å². The van der Waals surface area contributed by atoms with Crippen molar-refractivity contribution < 1.29 is 14.6 Å². The Hall–Kier alpha value is -3.29. The van der Waals surface area contributed by atoms with E-state index in [1.54, 1.807) is 17.0 Å². The second kappa shape index (κ2) is 7.94. The average molecular weight is 369 g/mol. The molecule has 0 spiro atoms. The maximum absolute atomic E-state index is 13.3. The number of carbonyl (C=O) groups excluding carboxylic acids is 1. The molecule has 8 heteroatoms. The summed E-state index contributed by atoms with van der Waals surface area (Å²) in [6.07, 6.45) is 4.76. The molecule has 1 fully saturated rings. The molecule has 1 saturated carbocycles. The predicted octanol–water partition coefficient (Wildman–Crippen LogP) is 4.48. The molecule has 8 nitrogen and oxygen atoms in total. The van der Waals surface area contributed by atoms with Crippen molar-refractivity contribution >= 4 is 23.0 Å². The summed E-state index contributed by atoms with van der Waals surface area (Å²) in [5.74, 6) is -0.458. The predicted molar refractivity (Wildman–Crippen MR) is 99.9 cm³/mol. The number of para-hydroxylation sites is 1. The van der Waals surface area contributed by atoms with E-state index in [9.17, 15) is 25.0 Å². The van der Waals surface area contributed by atoms with Crippen molar-refractivity contribution in [2.45, 2.75) is 38.1 Å². The number of nitro groups is 2. The highest BCUT2D eigenvalue weighted by Crippen LogP contribution is 2.31. The van der Waals surface area contributed by atoms with Crippen LogP contribution in [0.5, 0.6) is 0 Å². The lowest BCUT2D eigenvalue weighted by molar-refractivity contribution is -0.394. The summed E-state index contributed by atoms with van der Waals surface area (Å²) in [5.41, 5.74) is -0.303. The van der Waals surface area contributed by atoms with Crippen LogP contribution < -0.4 is 4.90 Å². The van der Waals surface area contributed by atoms with Crippen LogP contribution in [-0.2, 0) is 0 Å². The number of anilines is 1. The molecule has 1 amide bonds. The molecule has 0 aliphatic heterocycles. The highest BCUT2D eigenvalue weighted by molar-refractivity contribution is 6.07. The van der Waals surface area contributed by atoms with E-state index in [-0.39, 0.29) is 11.6 Å². The van der Waals surface area contributed by atoms with Gasteiger partial charge in [-0.15, -0.1) is 0 Å². The molecule has 2 aromatic rings. The first-order chi connectivity index (χ1) is 13.0. The zero-order valence-electron chi connectivity index (χ0n) is 14.6. The Labute approximate surface area is 155 Å².